The first kappa shape index (κ1) is 20.1. The van der Waals surface area contributed by atoms with Crippen molar-refractivity contribution < 1.29 is 9.59 Å². The number of hydrogen-bond acceptors (Lipinski definition) is 4. The minimum atomic E-state index is -0.500. The van der Waals surface area contributed by atoms with E-state index in [-0.39, 0.29) is 18.1 Å². The van der Waals surface area contributed by atoms with E-state index in [1.54, 1.807) is 17.0 Å². The highest BCUT2D eigenvalue weighted by Gasteiger charge is 2.40. The first-order valence-electron chi connectivity index (χ1n) is 9.83. The zero-order valence-electron chi connectivity index (χ0n) is 16.9. The van der Waals surface area contributed by atoms with Crippen LogP contribution < -0.4 is 4.90 Å². The van der Waals surface area contributed by atoms with Crippen molar-refractivity contribution in [3.63, 3.8) is 0 Å². The molecule has 3 aromatic carbocycles. The first-order valence-corrected chi connectivity index (χ1v) is 10.7. The van der Waals surface area contributed by atoms with Gasteiger partial charge < -0.3 is 0 Å². The second-order valence-electron chi connectivity index (χ2n) is 7.24. The van der Waals surface area contributed by atoms with Crippen molar-refractivity contribution in [2.24, 2.45) is 4.99 Å². The number of thioether (sulfide) groups is 1. The maximum atomic E-state index is 13.4. The van der Waals surface area contributed by atoms with Crippen molar-refractivity contribution in [2.45, 2.75) is 25.5 Å². The summed E-state index contributed by atoms with van der Waals surface area (Å²) in [5.41, 5.74) is 4.27. The van der Waals surface area contributed by atoms with Gasteiger partial charge in [0.1, 0.15) is 0 Å². The molecule has 4 nitrogen and oxygen atoms in total. The number of ketones is 1. The second-order valence-corrected chi connectivity index (χ2v) is 8.41. The minimum Gasteiger partial charge on any atom is -0.294 e. The summed E-state index contributed by atoms with van der Waals surface area (Å²) < 4.78 is 0. The highest BCUT2D eigenvalue weighted by molar-refractivity contribution is 8.16. The van der Waals surface area contributed by atoms with E-state index in [0.717, 1.165) is 22.5 Å². The van der Waals surface area contributed by atoms with Crippen LogP contribution in [-0.2, 0) is 4.79 Å². The summed E-state index contributed by atoms with van der Waals surface area (Å²) in [4.78, 5) is 32.6. The molecule has 4 rings (SSSR count). The molecule has 1 atom stereocenters. The number of hydrogen-bond donors (Lipinski definition) is 0. The number of para-hydroxylation sites is 2. The molecule has 0 aliphatic carbocycles. The lowest BCUT2D eigenvalue weighted by molar-refractivity contribution is -0.116. The lowest BCUT2D eigenvalue weighted by Crippen LogP contribution is -2.33. The van der Waals surface area contributed by atoms with Gasteiger partial charge in [0.05, 0.1) is 16.6 Å². The van der Waals surface area contributed by atoms with E-state index in [0.29, 0.717) is 10.7 Å². The van der Waals surface area contributed by atoms with Gasteiger partial charge in [-0.3, -0.25) is 14.5 Å². The zero-order chi connectivity index (χ0) is 21.1. The number of Topliss-reactive ketones (excluding diaryl/α,β-unsaturated/α-hetero) is 1. The van der Waals surface area contributed by atoms with Crippen LogP contribution in [0.3, 0.4) is 0 Å². The molecular formula is C25H22N2O2S. The largest absolute Gasteiger partial charge is 0.294 e. The van der Waals surface area contributed by atoms with Crippen molar-refractivity contribution in [1.82, 2.24) is 0 Å². The van der Waals surface area contributed by atoms with Crippen LogP contribution >= 0.6 is 11.8 Å². The number of aryl methyl sites for hydroxylation is 2. The Morgan fingerprint density at radius 3 is 2.23 bits per heavy atom. The molecule has 1 amide bonds. The lowest BCUT2D eigenvalue weighted by atomic mass is 10.1. The van der Waals surface area contributed by atoms with Crippen LogP contribution in [0.4, 0.5) is 11.4 Å². The minimum absolute atomic E-state index is 0.0386. The molecule has 0 N–H and O–H groups in total. The summed E-state index contributed by atoms with van der Waals surface area (Å²) in [6.07, 6.45) is 0.142. The van der Waals surface area contributed by atoms with E-state index in [9.17, 15) is 9.59 Å². The molecule has 30 heavy (non-hydrogen) atoms. The monoisotopic (exact) mass is 414 g/mol. The summed E-state index contributed by atoms with van der Waals surface area (Å²) in [6, 6.07) is 24.7. The number of nitrogens with zero attached hydrogens (tertiary/aromatic N) is 2. The van der Waals surface area contributed by atoms with Crippen LogP contribution in [0, 0.1) is 13.8 Å². The number of carbonyl (C=O) groups is 2. The number of aliphatic imine (C=N–C) groups is 1. The summed E-state index contributed by atoms with van der Waals surface area (Å²) in [6.45, 7) is 3.97. The number of carbonyl (C=O) groups excluding carboxylic acids is 2. The van der Waals surface area contributed by atoms with Gasteiger partial charge in [0.2, 0.25) is 5.91 Å². The first-order chi connectivity index (χ1) is 14.5. The molecule has 1 fully saturated rings. The fourth-order valence-electron chi connectivity index (χ4n) is 3.41. The Morgan fingerprint density at radius 1 is 0.900 bits per heavy atom. The normalized spacial score (nSPS) is 17.5. The van der Waals surface area contributed by atoms with Crippen LogP contribution in [-0.4, -0.2) is 22.1 Å². The summed E-state index contributed by atoms with van der Waals surface area (Å²) in [5, 5.41) is 0.106. The molecule has 1 aliphatic rings. The van der Waals surface area contributed by atoms with Crippen molar-refractivity contribution in [2.75, 3.05) is 4.90 Å². The van der Waals surface area contributed by atoms with Gasteiger partial charge in [0, 0.05) is 12.0 Å². The average Bonchev–Trinajstić information content (AvgIpc) is 3.05. The highest BCUT2D eigenvalue weighted by Crippen LogP contribution is 2.37. The third kappa shape index (κ3) is 4.07. The Bertz CT molecular complexity index is 1120. The topological polar surface area (TPSA) is 49.7 Å². The smallest absolute Gasteiger partial charge is 0.247 e. The van der Waals surface area contributed by atoms with E-state index in [4.69, 9.17) is 4.99 Å². The van der Waals surface area contributed by atoms with E-state index >= 15 is 0 Å². The maximum Gasteiger partial charge on any atom is 0.247 e. The van der Waals surface area contributed by atoms with E-state index in [1.807, 2.05) is 80.6 Å². The Labute approximate surface area is 180 Å². The standard InChI is InChI=1S/C25H22N2O2S/c1-17-10-6-8-14-20(17)26-25-27(21-15-9-7-11-18(21)2)24(29)23(30-25)16-22(28)19-12-4-3-5-13-19/h3-15,23H,16H2,1-2H3. The van der Waals surface area contributed by atoms with Crippen LogP contribution in [0.25, 0.3) is 0 Å². The third-order valence-corrected chi connectivity index (χ3v) is 6.23. The van der Waals surface area contributed by atoms with Crippen LogP contribution in [0.15, 0.2) is 83.9 Å². The van der Waals surface area contributed by atoms with Gasteiger partial charge in [-0.15, -0.1) is 0 Å². The molecule has 0 aromatic heterocycles. The van der Waals surface area contributed by atoms with E-state index < -0.39 is 5.25 Å². The second kappa shape index (κ2) is 8.67. The average molecular weight is 415 g/mol. The maximum absolute atomic E-state index is 13.4. The quantitative estimate of drug-likeness (QED) is 0.502. The number of benzene rings is 3. The van der Waals surface area contributed by atoms with E-state index in [2.05, 4.69) is 0 Å². The molecule has 1 unspecified atom stereocenters. The Hall–Kier alpha value is -3.18. The van der Waals surface area contributed by atoms with Crippen molar-refractivity contribution in [3.05, 3.63) is 95.6 Å². The van der Waals surface area contributed by atoms with Gasteiger partial charge in [-0.25, -0.2) is 4.99 Å². The summed E-state index contributed by atoms with van der Waals surface area (Å²) in [7, 11) is 0. The predicted molar refractivity (Wildman–Crippen MR) is 124 cm³/mol. The number of amidine groups is 1. The molecule has 0 bridgehead atoms. The molecule has 3 aromatic rings. The third-order valence-electron chi connectivity index (χ3n) is 5.09. The van der Waals surface area contributed by atoms with Crippen molar-refractivity contribution in [3.8, 4) is 0 Å². The van der Waals surface area contributed by atoms with Crippen LogP contribution in [0.2, 0.25) is 0 Å². The number of rotatable bonds is 5. The molecule has 0 spiro atoms. The summed E-state index contributed by atoms with van der Waals surface area (Å²) in [5.74, 6) is -0.144. The fourth-order valence-corrected chi connectivity index (χ4v) is 4.55. The molecule has 150 valence electrons. The number of amides is 1. The zero-order valence-corrected chi connectivity index (χ0v) is 17.7. The van der Waals surface area contributed by atoms with Crippen LogP contribution in [0.5, 0.6) is 0 Å². The van der Waals surface area contributed by atoms with Crippen molar-refractivity contribution in [1.29, 1.82) is 0 Å². The molecule has 1 aliphatic heterocycles. The number of anilines is 1. The van der Waals surface area contributed by atoms with Gasteiger partial charge in [0.25, 0.3) is 0 Å². The van der Waals surface area contributed by atoms with E-state index in [1.165, 1.54) is 11.8 Å². The molecule has 0 saturated carbocycles. The fraction of sp³-hybridized carbons (Fsp3) is 0.160. The predicted octanol–water partition coefficient (Wildman–Crippen LogP) is 5.71. The molecule has 1 saturated heterocycles. The lowest BCUT2D eigenvalue weighted by Gasteiger charge is -2.19. The summed E-state index contributed by atoms with van der Waals surface area (Å²) >= 11 is 1.36. The Balaban J connectivity index is 1.70. The van der Waals surface area contributed by atoms with Gasteiger partial charge in [-0.2, -0.15) is 0 Å². The Kier molecular flexibility index (Phi) is 5.81. The molecule has 1 heterocycles. The molecule has 5 heteroatoms. The molecule has 0 radical (unpaired) electrons. The SMILES string of the molecule is Cc1ccccc1N=C1SC(CC(=O)c2ccccc2)C(=O)N1c1ccccc1C. The van der Waals surface area contributed by atoms with Crippen molar-refractivity contribution >= 4 is 40.0 Å². The van der Waals surface area contributed by atoms with Gasteiger partial charge in [0.15, 0.2) is 11.0 Å². The van der Waals surface area contributed by atoms with Gasteiger partial charge >= 0.3 is 0 Å². The molecular weight excluding hydrogens is 392 g/mol. The highest BCUT2D eigenvalue weighted by atomic mass is 32.2. The Morgan fingerprint density at radius 2 is 1.53 bits per heavy atom. The van der Waals surface area contributed by atoms with Crippen LogP contribution in [0.1, 0.15) is 27.9 Å². The van der Waals surface area contributed by atoms with Gasteiger partial charge in [-0.05, 0) is 37.1 Å². The van der Waals surface area contributed by atoms with Gasteiger partial charge in [-0.1, -0.05) is 78.5 Å².